The van der Waals surface area contributed by atoms with Gasteiger partial charge in [0.1, 0.15) is 23.4 Å². The number of pyridine rings is 1. The molecule has 0 aliphatic heterocycles. The number of ether oxygens (including phenoxy) is 2. The van der Waals surface area contributed by atoms with Gasteiger partial charge in [0.2, 0.25) is 0 Å². The molecular weight excluding hydrogens is 392 g/mol. The molecule has 3 aromatic rings. The Kier molecular flexibility index (Phi) is 6.93. The molecule has 7 heteroatoms. The number of aromatic nitrogens is 1. The molecule has 0 saturated heterocycles. The van der Waals surface area contributed by atoms with Crippen LogP contribution in [0.25, 0.3) is 10.9 Å². The number of nitrogens with zero attached hydrogens (tertiary/aromatic N) is 2. The summed E-state index contributed by atoms with van der Waals surface area (Å²) in [5.74, 6) is 1.48. The molecule has 0 aliphatic carbocycles. The minimum absolute atomic E-state index is 0.204. The molecule has 31 heavy (non-hydrogen) atoms. The van der Waals surface area contributed by atoms with Gasteiger partial charge in [-0.25, -0.2) is 4.98 Å². The first-order chi connectivity index (χ1) is 15.0. The van der Waals surface area contributed by atoms with Crippen LogP contribution in [0.5, 0.6) is 11.5 Å². The van der Waals surface area contributed by atoms with Crippen molar-refractivity contribution in [2.24, 2.45) is 0 Å². The first-order valence-corrected chi connectivity index (χ1v) is 10.0. The van der Waals surface area contributed by atoms with Gasteiger partial charge in [0.15, 0.2) is 0 Å². The summed E-state index contributed by atoms with van der Waals surface area (Å²) >= 11 is 0. The van der Waals surface area contributed by atoms with E-state index >= 15 is 0 Å². The summed E-state index contributed by atoms with van der Waals surface area (Å²) in [6, 6.07) is 13.1. The number of anilines is 1. The number of hydrogen-bond donors (Lipinski definition) is 2. The number of rotatable bonds is 8. The number of benzene rings is 2. The highest BCUT2D eigenvalue weighted by atomic mass is 16.5. The second-order valence-corrected chi connectivity index (χ2v) is 7.21. The quantitative estimate of drug-likeness (QED) is 0.537. The molecule has 0 saturated carbocycles. The van der Waals surface area contributed by atoms with E-state index in [-0.39, 0.29) is 5.91 Å². The van der Waals surface area contributed by atoms with E-state index < -0.39 is 0 Å². The van der Waals surface area contributed by atoms with E-state index in [1.54, 1.807) is 32.4 Å². The molecule has 0 fully saturated rings. The van der Waals surface area contributed by atoms with Crippen LogP contribution < -0.4 is 20.1 Å². The zero-order valence-electron chi connectivity index (χ0n) is 18.2. The largest absolute Gasteiger partial charge is 0.497 e. The molecule has 0 radical (unpaired) electrons. The molecule has 160 valence electrons. The average molecular weight is 418 g/mol. The first kappa shape index (κ1) is 21.9. The van der Waals surface area contributed by atoms with Crippen LogP contribution in [0.3, 0.4) is 0 Å². The van der Waals surface area contributed by atoms with Crippen LogP contribution in [0.1, 0.15) is 33.5 Å². The first-order valence-electron chi connectivity index (χ1n) is 10.0. The van der Waals surface area contributed by atoms with Crippen LogP contribution in [0.2, 0.25) is 0 Å². The number of hydrogen-bond acceptors (Lipinski definition) is 6. The summed E-state index contributed by atoms with van der Waals surface area (Å²) in [5, 5.41) is 16.5. The van der Waals surface area contributed by atoms with E-state index in [9.17, 15) is 10.1 Å². The van der Waals surface area contributed by atoms with Crippen molar-refractivity contribution in [1.82, 2.24) is 10.3 Å². The predicted octanol–water partition coefficient (Wildman–Crippen LogP) is 3.97. The number of nitrogens with one attached hydrogen (secondary N) is 2. The number of methoxy groups -OCH3 is 2. The van der Waals surface area contributed by atoms with E-state index in [1.807, 2.05) is 32.0 Å². The van der Waals surface area contributed by atoms with Crippen molar-refractivity contribution in [3.05, 3.63) is 58.7 Å². The number of carbonyl (C=O) groups excluding carboxylic acids is 1. The molecule has 3 rings (SSSR count). The fourth-order valence-electron chi connectivity index (χ4n) is 3.24. The molecule has 7 nitrogen and oxygen atoms in total. The number of fused-ring (bicyclic) bond motifs is 1. The monoisotopic (exact) mass is 418 g/mol. The Morgan fingerprint density at radius 2 is 1.77 bits per heavy atom. The number of amides is 1. The molecule has 2 N–H and O–H groups in total. The second kappa shape index (κ2) is 9.81. The van der Waals surface area contributed by atoms with Crippen molar-refractivity contribution in [1.29, 1.82) is 5.26 Å². The van der Waals surface area contributed by atoms with Gasteiger partial charge < -0.3 is 20.1 Å². The summed E-state index contributed by atoms with van der Waals surface area (Å²) < 4.78 is 10.4. The topological polar surface area (TPSA) is 96.3 Å². The summed E-state index contributed by atoms with van der Waals surface area (Å²) in [6.07, 6.45) is 0.671. The normalized spacial score (nSPS) is 10.4. The van der Waals surface area contributed by atoms with Gasteiger partial charge in [-0.1, -0.05) is 12.1 Å². The van der Waals surface area contributed by atoms with E-state index in [0.717, 1.165) is 22.0 Å². The molecule has 0 atom stereocenters. The Bertz CT molecular complexity index is 1130. The fourth-order valence-corrected chi connectivity index (χ4v) is 3.24. The van der Waals surface area contributed by atoms with Crippen molar-refractivity contribution in [2.45, 2.75) is 20.3 Å². The lowest BCUT2D eigenvalue weighted by Gasteiger charge is -2.12. The SMILES string of the molecule is COc1cc(OC)cc(C(=O)NCCCNc2nc3c(C)c(C)ccc3cc2C#N)c1. The number of aryl methyl sites for hydroxylation is 2. The number of nitriles is 1. The van der Waals surface area contributed by atoms with E-state index in [0.29, 0.717) is 48.0 Å². The number of carbonyl (C=O) groups is 1. The average Bonchev–Trinajstić information content (AvgIpc) is 2.80. The van der Waals surface area contributed by atoms with Crippen LogP contribution >= 0.6 is 0 Å². The molecule has 0 spiro atoms. The lowest BCUT2D eigenvalue weighted by atomic mass is 10.0. The molecular formula is C24H26N4O3. The Morgan fingerprint density at radius 1 is 1.06 bits per heavy atom. The van der Waals surface area contributed by atoms with Gasteiger partial charge in [-0.15, -0.1) is 0 Å². The van der Waals surface area contributed by atoms with Crippen LogP contribution in [0, 0.1) is 25.2 Å². The van der Waals surface area contributed by atoms with Crippen LogP contribution in [0.4, 0.5) is 5.82 Å². The highest BCUT2D eigenvalue weighted by Gasteiger charge is 2.11. The van der Waals surface area contributed by atoms with E-state index in [2.05, 4.69) is 21.7 Å². The molecule has 2 aromatic carbocycles. The predicted molar refractivity (Wildman–Crippen MR) is 121 cm³/mol. The summed E-state index contributed by atoms with van der Waals surface area (Å²) in [7, 11) is 3.09. The van der Waals surface area contributed by atoms with Gasteiger partial charge in [-0.3, -0.25) is 4.79 Å². The molecule has 0 bridgehead atoms. The zero-order valence-corrected chi connectivity index (χ0v) is 18.2. The van der Waals surface area contributed by atoms with E-state index in [4.69, 9.17) is 9.47 Å². The lowest BCUT2D eigenvalue weighted by molar-refractivity contribution is 0.0953. The third kappa shape index (κ3) is 5.04. The summed E-state index contributed by atoms with van der Waals surface area (Å²) in [6.45, 7) is 5.12. The van der Waals surface area contributed by atoms with Crippen LogP contribution in [-0.4, -0.2) is 38.2 Å². The van der Waals surface area contributed by atoms with Crippen molar-refractivity contribution in [3.63, 3.8) is 0 Å². The van der Waals surface area contributed by atoms with Crippen molar-refractivity contribution >= 4 is 22.6 Å². The molecule has 1 aromatic heterocycles. The third-order valence-electron chi connectivity index (χ3n) is 5.18. The van der Waals surface area contributed by atoms with E-state index in [1.165, 1.54) is 0 Å². The molecule has 0 aliphatic rings. The van der Waals surface area contributed by atoms with Crippen molar-refractivity contribution in [2.75, 3.05) is 32.6 Å². The van der Waals surface area contributed by atoms with Gasteiger partial charge >= 0.3 is 0 Å². The Balaban J connectivity index is 1.60. The maximum absolute atomic E-state index is 12.4. The Hall–Kier alpha value is -3.79. The standard InChI is InChI=1S/C24H26N4O3/c1-15-6-7-17-10-19(14-25)23(28-22(17)16(15)2)26-8-5-9-27-24(29)18-11-20(30-3)13-21(12-18)31-4/h6-7,10-13H,5,8-9H2,1-4H3,(H,26,28)(H,27,29). The van der Waals surface area contributed by atoms with Crippen LogP contribution in [-0.2, 0) is 0 Å². The molecule has 1 amide bonds. The van der Waals surface area contributed by atoms with Gasteiger partial charge in [0, 0.05) is 30.1 Å². The highest BCUT2D eigenvalue weighted by Crippen LogP contribution is 2.25. The van der Waals surface area contributed by atoms with Gasteiger partial charge in [-0.05, 0) is 49.6 Å². The second-order valence-electron chi connectivity index (χ2n) is 7.21. The third-order valence-corrected chi connectivity index (χ3v) is 5.18. The summed E-state index contributed by atoms with van der Waals surface area (Å²) in [5.41, 5.74) is 4.13. The van der Waals surface area contributed by atoms with Crippen molar-refractivity contribution in [3.8, 4) is 17.6 Å². The smallest absolute Gasteiger partial charge is 0.251 e. The minimum Gasteiger partial charge on any atom is -0.497 e. The summed E-state index contributed by atoms with van der Waals surface area (Å²) in [4.78, 5) is 17.1. The molecule has 0 unspecified atom stereocenters. The molecule has 1 heterocycles. The van der Waals surface area contributed by atoms with Crippen LogP contribution in [0.15, 0.2) is 36.4 Å². The van der Waals surface area contributed by atoms with Gasteiger partial charge in [0.25, 0.3) is 5.91 Å². The Labute approximate surface area is 182 Å². The maximum Gasteiger partial charge on any atom is 0.251 e. The fraction of sp³-hybridized carbons (Fsp3) is 0.292. The minimum atomic E-state index is -0.204. The highest BCUT2D eigenvalue weighted by molar-refractivity contribution is 5.95. The van der Waals surface area contributed by atoms with Crippen molar-refractivity contribution < 1.29 is 14.3 Å². The Morgan fingerprint density at radius 3 is 2.42 bits per heavy atom. The lowest BCUT2D eigenvalue weighted by Crippen LogP contribution is -2.26. The zero-order chi connectivity index (χ0) is 22.4. The van der Waals surface area contributed by atoms with Gasteiger partial charge in [0.05, 0.1) is 25.3 Å². The van der Waals surface area contributed by atoms with Gasteiger partial charge in [-0.2, -0.15) is 5.26 Å². The maximum atomic E-state index is 12.4.